The second kappa shape index (κ2) is 4.28. The third kappa shape index (κ3) is 2.45. The van der Waals surface area contributed by atoms with Crippen molar-refractivity contribution in [2.75, 3.05) is 20.1 Å². The quantitative estimate of drug-likeness (QED) is 0.695. The molecule has 0 bridgehead atoms. The van der Waals surface area contributed by atoms with Crippen LogP contribution in [0.2, 0.25) is 0 Å². The average molecular weight is 200 g/mol. The van der Waals surface area contributed by atoms with Crippen LogP contribution in [0.25, 0.3) is 0 Å². The largest absolute Gasteiger partial charge is 0.480 e. The summed E-state index contributed by atoms with van der Waals surface area (Å²) in [7, 11) is 2.06. The third-order valence-corrected chi connectivity index (χ3v) is 3.09. The second-order valence-corrected chi connectivity index (χ2v) is 4.38. The Bertz CT molecular complexity index is 220. The van der Waals surface area contributed by atoms with E-state index in [0.717, 1.165) is 19.5 Å². The number of rotatable bonds is 4. The maximum Gasteiger partial charge on any atom is 0.323 e. The zero-order valence-electron chi connectivity index (χ0n) is 9.21. The summed E-state index contributed by atoms with van der Waals surface area (Å²) in [6.07, 6.45) is 1.65. The number of hydrogen-bond acceptors (Lipinski definition) is 3. The summed E-state index contributed by atoms with van der Waals surface area (Å²) in [5.74, 6) is -0.755. The number of likely N-dealkylation sites (N-methyl/N-ethyl adjacent to an activating group) is 1. The van der Waals surface area contributed by atoms with Crippen molar-refractivity contribution in [2.45, 2.75) is 38.3 Å². The molecule has 14 heavy (non-hydrogen) atoms. The minimum absolute atomic E-state index is 0.320. The fourth-order valence-electron chi connectivity index (χ4n) is 1.82. The van der Waals surface area contributed by atoms with Crippen LogP contribution in [0.1, 0.15) is 26.7 Å². The Morgan fingerprint density at radius 3 is 2.71 bits per heavy atom. The van der Waals surface area contributed by atoms with Crippen molar-refractivity contribution in [3.05, 3.63) is 0 Å². The van der Waals surface area contributed by atoms with Crippen molar-refractivity contribution < 1.29 is 9.90 Å². The van der Waals surface area contributed by atoms with Gasteiger partial charge >= 0.3 is 5.97 Å². The molecular formula is C10H20N2O2. The lowest BCUT2D eigenvalue weighted by molar-refractivity contribution is -0.144. The summed E-state index contributed by atoms with van der Waals surface area (Å²) in [6, 6.07) is 0.320. The third-order valence-electron chi connectivity index (χ3n) is 3.09. The van der Waals surface area contributed by atoms with E-state index < -0.39 is 11.5 Å². The summed E-state index contributed by atoms with van der Waals surface area (Å²) >= 11 is 0. The van der Waals surface area contributed by atoms with Crippen LogP contribution in [0.4, 0.5) is 0 Å². The summed E-state index contributed by atoms with van der Waals surface area (Å²) in [6.45, 7) is 5.66. The van der Waals surface area contributed by atoms with E-state index in [-0.39, 0.29) is 0 Å². The van der Waals surface area contributed by atoms with Gasteiger partial charge in [-0.1, -0.05) is 6.92 Å². The van der Waals surface area contributed by atoms with Gasteiger partial charge in [-0.15, -0.1) is 0 Å². The van der Waals surface area contributed by atoms with Gasteiger partial charge < -0.3 is 10.0 Å². The molecule has 0 aromatic carbocycles. The molecule has 0 amide bonds. The van der Waals surface area contributed by atoms with Gasteiger partial charge in [-0.25, -0.2) is 0 Å². The van der Waals surface area contributed by atoms with E-state index in [0.29, 0.717) is 12.5 Å². The fourth-order valence-corrected chi connectivity index (χ4v) is 1.82. The number of hydrogen-bond donors (Lipinski definition) is 2. The highest BCUT2D eigenvalue weighted by molar-refractivity contribution is 5.78. The number of nitrogens with one attached hydrogen (secondary N) is 1. The van der Waals surface area contributed by atoms with E-state index in [4.69, 9.17) is 5.11 Å². The first-order valence-corrected chi connectivity index (χ1v) is 5.17. The molecular weight excluding hydrogens is 180 g/mol. The average Bonchev–Trinajstić information content (AvgIpc) is 2.50. The molecule has 0 spiro atoms. The van der Waals surface area contributed by atoms with Gasteiger partial charge in [-0.3, -0.25) is 10.1 Å². The maximum absolute atomic E-state index is 11.0. The SMILES string of the molecule is CCC(C)(NC1CCN(C)C1)C(=O)O. The molecule has 1 aliphatic rings. The first kappa shape index (κ1) is 11.5. The van der Waals surface area contributed by atoms with Crippen LogP contribution in [0, 0.1) is 0 Å². The second-order valence-electron chi connectivity index (χ2n) is 4.38. The molecule has 4 heteroatoms. The van der Waals surface area contributed by atoms with Crippen molar-refractivity contribution in [1.82, 2.24) is 10.2 Å². The Labute approximate surface area is 85.3 Å². The minimum atomic E-state index is -0.768. The molecule has 1 rings (SSSR count). The molecule has 2 N–H and O–H groups in total. The molecule has 1 fully saturated rings. The number of carboxylic acid groups (broad SMARTS) is 1. The standard InChI is InChI=1S/C10H20N2O2/c1-4-10(2,9(13)14)11-8-5-6-12(3)7-8/h8,11H,4-7H2,1-3H3,(H,13,14). The zero-order valence-corrected chi connectivity index (χ0v) is 9.21. The molecule has 0 aromatic heterocycles. The van der Waals surface area contributed by atoms with E-state index in [9.17, 15) is 4.79 Å². The predicted molar refractivity (Wildman–Crippen MR) is 55.4 cm³/mol. The van der Waals surface area contributed by atoms with Crippen molar-refractivity contribution in [3.63, 3.8) is 0 Å². The monoisotopic (exact) mass is 200 g/mol. The first-order valence-electron chi connectivity index (χ1n) is 5.17. The number of carbonyl (C=O) groups is 1. The van der Waals surface area contributed by atoms with E-state index >= 15 is 0 Å². The summed E-state index contributed by atoms with van der Waals surface area (Å²) in [4.78, 5) is 13.3. The first-order chi connectivity index (χ1) is 6.48. The summed E-state index contributed by atoms with van der Waals surface area (Å²) in [5, 5.41) is 12.3. The smallest absolute Gasteiger partial charge is 0.323 e. The van der Waals surface area contributed by atoms with Crippen LogP contribution in [-0.2, 0) is 4.79 Å². The molecule has 2 unspecified atom stereocenters. The van der Waals surface area contributed by atoms with Crippen LogP contribution >= 0.6 is 0 Å². The van der Waals surface area contributed by atoms with E-state index in [1.807, 2.05) is 6.92 Å². The summed E-state index contributed by atoms with van der Waals surface area (Å²) < 4.78 is 0. The van der Waals surface area contributed by atoms with Crippen LogP contribution in [0.3, 0.4) is 0 Å². The molecule has 0 saturated carbocycles. The Morgan fingerprint density at radius 1 is 1.71 bits per heavy atom. The molecule has 2 atom stereocenters. The lowest BCUT2D eigenvalue weighted by atomic mass is 9.97. The van der Waals surface area contributed by atoms with Crippen LogP contribution in [0.5, 0.6) is 0 Å². The highest BCUT2D eigenvalue weighted by Crippen LogP contribution is 2.15. The van der Waals surface area contributed by atoms with E-state index in [2.05, 4.69) is 17.3 Å². The van der Waals surface area contributed by atoms with Gasteiger partial charge in [0.1, 0.15) is 5.54 Å². The Balaban J connectivity index is 2.52. The lowest BCUT2D eigenvalue weighted by Gasteiger charge is -2.28. The number of carboxylic acids is 1. The molecule has 4 nitrogen and oxygen atoms in total. The van der Waals surface area contributed by atoms with Crippen LogP contribution < -0.4 is 5.32 Å². The summed E-state index contributed by atoms with van der Waals surface area (Å²) in [5.41, 5.74) is -0.768. The van der Waals surface area contributed by atoms with Gasteiger partial charge in [0, 0.05) is 12.6 Å². The van der Waals surface area contributed by atoms with E-state index in [1.165, 1.54) is 0 Å². The lowest BCUT2D eigenvalue weighted by Crippen LogP contribution is -2.54. The van der Waals surface area contributed by atoms with Gasteiger partial charge in [-0.05, 0) is 33.4 Å². The number of likely N-dealkylation sites (tertiary alicyclic amines) is 1. The molecule has 0 aromatic rings. The number of nitrogens with zero attached hydrogens (tertiary/aromatic N) is 1. The maximum atomic E-state index is 11.0. The molecule has 1 heterocycles. The van der Waals surface area contributed by atoms with Gasteiger partial charge in [0.15, 0.2) is 0 Å². The number of aliphatic carboxylic acids is 1. The van der Waals surface area contributed by atoms with Gasteiger partial charge in [0.05, 0.1) is 0 Å². The van der Waals surface area contributed by atoms with Gasteiger partial charge in [0.25, 0.3) is 0 Å². The van der Waals surface area contributed by atoms with Crippen LogP contribution in [0.15, 0.2) is 0 Å². The van der Waals surface area contributed by atoms with Crippen LogP contribution in [-0.4, -0.2) is 47.7 Å². The molecule has 0 radical (unpaired) electrons. The molecule has 1 saturated heterocycles. The highest BCUT2D eigenvalue weighted by atomic mass is 16.4. The van der Waals surface area contributed by atoms with Crippen molar-refractivity contribution in [1.29, 1.82) is 0 Å². The fraction of sp³-hybridized carbons (Fsp3) is 0.900. The van der Waals surface area contributed by atoms with Gasteiger partial charge in [-0.2, -0.15) is 0 Å². The van der Waals surface area contributed by atoms with Crippen molar-refractivity contribution in [3.8, 4) is 0 Å². The predicted octanol–water partition coefficient (Wildman–Crippen LogP) is 0.533. The Morgan fingerprint density at radius 2 is 2.36 bits per heavy atom. The zero-order chi connectivity index (χ0) is 10.8. The highest BCUT2D eigenvalue weighted by Gasteiger charge is 2.34. The minimum Gasteiger partial charge on any atom is -0.480 e. The Kier molecular flexibility index (Phi) is 3.50. The van der Waals surface area contributed by atoms with Gasteiger partial charge in [0.2, 0.25) is 0 Å². The topological polar surface area (TPSA) is 52.6 Å². The molecule has 82 valence electrons. The normalized spacial score (nSPS) is 27.5. The Hall–Kier alpha value is -0.610. The molecule has 1 aliphatic heterocycles. The van der Waals surface area contributed by atoms with Crippen molar-refractivity contribution in [2.24, 2.45) is 0 Å². The molecule has 0 aliphatic carbocycles. The van der Waals surface area contributed by atoms with Crippen molar-refractivity contribution >= 4 is 5.97 Å². The van der Waals surface area contributed by atoms with E-state index in [1.54, 1.807) is 6.92 Å².